The van der Waals surface area contributed by atoms with Gasteiger partial charge in [0, 0.05) is 28.4 Å². The SMILES string of the molecule is CCCCCOC(=O)c1ccc(Nc2nc(Nc3ccc(C=C(C(=O)OCC(C)(C)C)C(=O)OCC(C)(C)C)cc3)nc(Nc3ccc(C=C(C(=O)OCC(C)(C)C)C(=O)OCC(C)(C)C)cc3)n2)cc1.CCCCOC(=O)c1ccc(Oc2nc(Nc3ccc(C=C(C(=O)OCC(C)(C)C)C(=O)OCC(C)(C)C)cc3)nc(Nc3ccc(C=C(C(=O)OCC(C)(C)C)C(=O)OCC(C)(C)C)cc3)n2)cc1. The number of unbranched alkanes of at least 4 members (excludes halogenated alkanes) is 3. The van der Waals surface area contributed by atoms with Gasteiger partial charge in [-0.25, -0.2) is 47.9 Å². The molecule has 0 saturated heterocycles. The number of carbonyl (C=O) groups excluding carboxylic acids is 10. The molecule has 32 nitrogen and oxygen atoms in total. The largest absolute Gasteiger partial charge is 0.462 e. The van der Waals surface area contributed by atoms with Crippen molar-refractivity contribution in [1.82, 2.24) is 29.9 Å². The first-order valence-corrected chi connectivity index (χ1v) is 47.0. The first kappa shape index (κ1) is 114. The molecule has 2 heterocycles. The first-order chi connectivity index (χ1) is 65.8. The van der Waals surface area contributed by atoms with Gasteiger partial charge in [-0.15, -0.1) is 0 Å². The molecule has 6 aromatic carbocycles. The molecule has 0 atom stereocenters. The fraction of sp³-hybridized carbons (Fsp3) is 0.450. The van der Waals surface area contributed by atoms with Gasteiger partial charge in [0.1, 0.15) is 28.0 Å². The van der Waals surface area contributed by atoms with E-state index in [2.05, 4.69) is 63.4 Å². The van der Waals surface area contributed by atoms with Crippen LogP contribution < -0.4 is 31.3 Å². The van der Waals surface area contributed by atoms with Gasteiger partial charge in [-0.3, -0.25) is 0 Å². The van der Waals surface area contributed by atoms with Crippen LogP contribution in [0.3, 0.4) is 0 Å². The van der Waals surface area contributed by atoms with Crippen molar-refractivity contribution in [2.24, 2.45) is 43.3 Å². The van der Waals surface area contributed by atoms with Gasteiger partial charge < -0.3 is 78.7 Å². The molecular formula is C109H141N11O21. The van der Waals surface area contributed by atoms with Crippen LogP contribution in [0.25, 0.3) is 24.3 Å². The maximum atomic E-state index is 13.2. The summed E-state index contributed by atoms with van der Waals surface area (Å²) in [6.45, 7) is 51.6. The van der Waals surface area contributed by atoms with E-state index < -0.39 is 59.7 Å². The zero-order valence-electron chi connectivity index (χ0n) is 86.5. The topological polar surface area (TPSA) is 410 Å². The van der Waals surface area contributed by atoms with Gasteiger partial charge in [-0.2, -0.15) is 29.9 Å². The van der Waals surface area contributed by atoms with Crippen LogP contribution >= 0.6 is 0 Å². The molecule has 5 N–H and O–H groups in total. The van der Waals surface area contributed by atoms with Gasteiger partial charge >= 0.3 is 65.7 Å². The van der Waals surface area contributed by atoms with Crippen LogP contribution in [0, 0.1) is 43.3 Å². The van der Waals surface area contributed by atoms with Crippen LogP contribution in [0.15, 0.2) is 168 Å². The van der Waals surface area contributed by atoms with E-state index in [1.165, 1.54) is 24.3 Å². The highest BCUT2D eigenvalue weighted by molar-refractivity contribution is 6.20. The summed E-state index contributed by atoms with van der Waals surface area (Å²) < 4.78 is 60.8. The highest BCUT2D eigenvalue weighted by atomic mass is 16.6. The highest BCUT2D eigenvalue weighted by Gasteiger charge is 2.32. The van der Waals surface area contributed by atoms with E-state index in [0.29, 0.717) is 80.8 Å². The molecule has 0 amide bonds. The second kappa shape index (κ2) is 51.6. The van der Waals surface area contributed by atoms with Crippen molar-refractivity contribution in [2.75, 3.05) is 92.7 Å². The second-order valence-corrected chi connectivity index (χ2v) is 43.5. The maximum Gasteiger partial charge on any atom is 0.345 e. The van der Waals surface area contributed by atoms with Crippen LogP contribution in [-0.4, -0.2) is 156 Å². The van der Waals surface area contributed by atoms with Gasteiger partial charge in [0.15, 0.2) is 0 Å². The molecule has 0 unspecified atom stereocenters. The quantitative estimate of drug-likeness (QED) is 0.00593. The number of carbonyl (C=O) groups is 10. The Kier molecular flexibility index (Phi) is 41.7. The zero-order chi connectivity index (χ0) is 104. The molecule has 8 rings (SSSR count). The Labute approximate surface area is 828 Å². The Morgan fingerprint density at radius 3 is 0.638 bits per heavy atom. The van der Waals surface area contributed by atoms with Crippen LogP contribution in [0.1, 0.15) is 255 Å². The summed E-state index contributed by atoms with van der Waals surface area (Å²) in [4.78, 5) is 158. The van der Waals surface area contributed by atoms with E-state index in [4.69, 9.17) is 52.1 Å². The van der Waals surface area contributed by atoms with E-state index in [9.17, 15) is 47.9 Å². The number of benzene rings is 6. The molecule has 0 bridgehead atoms. The molecule has 0 aliphatic carbocycles. The molecule has 0 fully saturated rings. The Morgan fingerprint density at radius 1 is 0.241 bits per heavy atom. The van der Waals surface area contributed by atoms with Crippen molar-refractivity contribution in [3.8, 4) is 11.8 Å². The smallest absolute Gasteiger partial charge is 0.345 e. The fourth-order valence-corrected chi connectivity index (χ4v) is 11.2. The van der Waals surface area contributed by atoms with Gasteiger partial charge in [-0.05, 0) is 200 Å². The number of hydrogen-bond acceptors (Lipinski definition) is 32. The third-order valence-corrected chi connectivity index (χ3v) is 18.4. The first-order valence-electron chi connectivity index (χ1n) is 47.0. The summed E-state index contributed by atoms with van der Waals surface area (Å²) in [5.74, 6) is -6.25. The van der Waals surface area contributed by atoms with Crippen molar-refractivity contribution in [3.63, 3.8) is 0 Å². The monoisotopic (exact) mass is 1940 g/mol. The Balaban J connectivity index is 0.000000383. The Morgan fingerprint density at radius 2 is 0.433 bits per heavy atom. The zero-order valence-corrected chi connectivity index (χ0v) is 86.5. The van der Waals surface area contributed by atoms with Gasteiger partial charge in [0.25, 0.3) is 0 Å². The van der Waals surface area contributed by atoms with Crippen LogP contribution in [0.2, 0.25) is 0 Å². The van der Waals surface area contributed by atoms with E-state index >= 15 is 0 Å². The predicted molar refractivity (Wildman–Crippen MR) is 545 cm³/mol. The molecule has 8 aromatic rings. The summed E-state index contributed by atoms with van der Waals surface area (Å²) in [7, 11) is 0. The summed E-state index contributed by atoms with van der Waals surface area (Å²) in [6.07, 6.45) is 10.2. The van der Waals surface area contributed by atoms with Crippen LogP contribution in [-0.2, 0) is 85.7 Å². The van der Waals surface area contributed by atoms with Crippen LogP contribution in [0.4, 0.5) is 58.2 Å². The minimum atomic E-state index is -0.793. The minimum absolute atomic E-state index is 0.0795. The lowest BCUT2D eigenvalue weighted by atomic mass is 9.98. The van der Waals surface area contributed by atoms with Crippen molar-refractivity contribution in [1.29, 1.82) is 0 Å². The standard InChI is InChI=1S/C55H72N6O10.C54H69N5O11/c1-14-15-16-29-67-44(62)38-21-27-41(28-22-38)58-51-60-49(56-39-23-17-36(18-24-39)30-42(45(63)68-32-52(2,3)4)46(64)69-33-53(5,6)7)59-50(61-51)57-40-25-19-37(20-26-40)31-43(47(65)70-34-54(8,9)10)48(66)71-35-55(11,12)13;1-14-15-28-65-43(60)37-20-26-40(27-21-37)70-50-58-48(55-38-22-16-35(17-23-38)29-41(44(61)66-31-51(2,3)4)45(62)67-32-52(5,6)7)57-49(59-50)56-39-24-18-36(19-25-39)30-42(46(63)68-33-53(8,9)10)47(64)69-34-54(11,12)13/h17-28,30-31H,14-16,29,32-35H2,1-13H3,(H3,56,57,58,59,60,61);16-27,29-30H,14-15,28,31-34H2,1-13H3,(H2,55,56,57,58,59). The van der Waals surface area contributed by atoms with Gasteiger partial charge in [-0.1, -0.05) is 248 Å². The van der Waals surface area contributed by atoms with Crippen molar-refractivity contribution >= 4 is 142 Å². The van der Waals surface area contributed by atoms with Crippen LogP contribution in [0.5, 0.6) is 11.8 Å². The summed E-state index contributed by atoms with van der Waals surface area (Å²) in [6, 6.07) is 40.3. The normalized spacial score (nSPS) is 11.6. The van der Waals surface area contributed by atoms with E-state index in [-0.39, 0.29) is 154 Å². The molecule has 0 radical (unpaired) electrons. The Hall–Kier alpha value is -14.2. The average Bonchev–Trinajstić information content (AvgIpc) is 0.808. The van der Waals surface area contributed by atoms with E-state index in [0.717, 1.165) is 32.1 Å². The Bertz CT molecular complexity index is 5290. The third kappa shape index (κ3) is 44.2. The molecular weight excluding hydrogens is 1800 g/mol. The molecule has 2 aromatic heterocycles. The van der Waals surface area contributed by atoms with Crippen molar-refractivity contribution in [2.45, 2.75) is 212 Å². The van der Waals surface area contributed by atoms with Gasteiger partial charge in [0.05, 0.1) is 77.2 Å². The number of esters is 10. The number of nitrogens with one attached hydrogen (secondary N) is 5. The van der Waals surface area contributed by atoms with Gasteiger partial charge in [0.2, 0.25) is 29.7 Å². The molecule has 32 heteroatoms. The number of rotatable bonds is 41. The number of anilines is 10. The van der Waals surface area contributed by atoms with E-state index in [1.807, 2.05) is 173 Å². The maximum absolute atomic E-state index is 13.2. The van der Waals surface area contributed by atoms with Crippen molar-refractivity contribution < 1.29 is 100 Å². The van der Waals surface area contributed by atoms with Crippen molar-refractivity contribution in [3.05, 3.63) is 201 Å². The van der Waals surface area contributed by atoms with E-state index in [1.54, 1.807) is 146 Å². The highest BCUT2D eigenvalue weighted by Crippen LogP contribution is 2.32. The number of ether oxygens (including phenoxy) is 11. The summed E-state index contributed by atoms with van der Waals surface area (Å²) in [5.41, 5.74) is 2.11. The second-order valence-electron chi connectivity index (χ2n) is 43.5. The number of nitrogens with zero attached hydrogens (tertiary/aromatic N) is 6. The third-order valence-electron chi connectivity index (χ3n) is 18.4. The molecule has 0 aliphatic rings. The fourth-order valence-electron chi connectivity index (χ4n) is 11.2. The molecule has 0 spiro atoms. The lowest BCUT2D eigenvalue weighted by Crippen LogP contribution is -2.25. The molecule has 0 aliphatic heterocycles. The number of hydrogen-bond donors (Lipinski definition) is 5. The molecule has 141 heavy (non-hydrogen) atoms. The minimum Gasteiger partial charge on any atom is -0.462 e. The lowest BCUT2D eigenvalue weighted by molar-refractivity contribution is -0.151. The average molecular weight is 1940 g/mol. The lowest BCUT2D eigenvalue weighted by Gasteiger charge is -2.20. The molecule has 0 saturated carbocycles. The number of aromatic nitrogens is 6. The summed E-state index contributed by atoms with van der Waals surface area (Å²) >= 11 is 0. The predicted octanol–water partition coefficient (Wildman–Crippen LogP) is 22.8. The summed E-state index contributed by atoms with van der Waals surface area (Å²) in [5, 5.41) is 15.9. The molecule has 758 valence electrons.